The van der Waals surface area contributed by atoms with Crippen molar-refractivity contribution in [3.63, 3.8) is 0 Å². The highest BCUT2D eigenvalue weighted by molar-refractivity contribution is 5.93. The van der Waals surface area contributed by atoms with Crippen molar-refractivity contribution in [3.05, 3.63) is 51.6 Å². The number of amides is 1. The molecule has 2 aromatic rings. The van der Waals surface area contributed by atoms with Gasteiger partial charge < -0.3 is 20.4 Å². The lowest BCUT2D eigenvalue weighted by Crippen LogP contribution is -2.29. The summed E-state index contributed by atoms with van der Waals surface area (Å²) in [5.74, 6) is -0.389. The topological polar surface area (TPSA) is 188 Å². The molecule has 2 rings (SSSR count). The molecular formula is C20H19N7O5. The molecule has 0 aliphatic rings. The fourth-order valence-electron chi connectivity index (χ4n) is 2.82. The van der Waals surface area contributed by atoms with Gasteiger partial charge in [0.25, 0.3) is 5.69 Å². The summed E-state index contributed by atoms with van der Waals surface area (Å²) >= 11 is 0. The molecule has 0 saturated heterocycles. The largest absolute Gasteiger partial charge is 0.395 e. The number of azo groups is 1. The normalized spacial score (nSPS) is 10.4. The summed E-state index contributed by atoms with van der Waals surface area (Å²) < 4.78 is 0. The molecule has 0 unspecified atom stereocenters. The number of hydrogen-bond acceptors (Lipinski definition) is 10. The summed E-state index contributed by atoms with van der Waals surface area (Å²) in [5, 5.41) is 58.7. The number of nitrogens with zero attached hydrogens (tertiary/aromatic N) is 6. The number of aliphatic hydroxyl groups excluding tert-OH is 2. The van der Waals surface area contributed by atoms with E-state index in [1.807, 2.05) is 0 Å². The molecule has 3 N–H and O–H groups in total. The van der Waals surface area contributed by atoms with Gasteiger partial charge in [-0.15, -0.1) is 10.2 Å². The van der Waals surface area contributed by atoms with Crippen molar-refractivity contribution in [2.45, 2.75) is 6.92 Å². The fourth-order valence-corrected chi connectivity index (χ4v) is 2.82. The molecule has 0 aliphatic heterocycles. The molecular weight excluding hydrogens is 418 g/mol. The first-order chi connectivity index (χ1) is 15.3. The van der Waals surface area contributed by atoms with Gasteiger partial charge in [-0.2, -0.15) is 10.5 Å². The monoisotopic (exact) mass is 437 g/mol. The van der Waals surface area contributed by atoms with Crippen LogP contribution in [0.4, 0.5) is 28.4 Å². The lowest BCUT2D eigenvalue weighted by Gasteiger charge is -2.23. The van der Waals surface area contributed by atoms with Gasteiger partial charge >= 0.3 is 0 Å². The number of benzene rings is 2. The van der Waals surface area contributed by atoms with Crippen LogP contribution in [0.15, 0.2) is 40.6 Å². The van der Waals surface area contributed by atoms with E-state index in [0.717, 1.165) is 12.1 Å². The highest BCUT2D eigenvalue weighted by Crippen LogP contribution is 2.34. The van der Waals surface area contributed by atoms with Crippen molar-refractivity contribution in [2.75, 3.05) is 36.5 Å². The third kappa shape index (κ3) is 5.82. The SMILES string of the molecule is CC(=O)Nc1cc(N(CCO)CCO)ccc1/N=N/c1c(C#N)cc([N+](=O)[O-])cc1C#N. The van der Waals surface area contributed by atoms with Crippen molar-refractivity contribution in [1.29, 1.82) is 10.5 Å². The Morgan fingerprint density at radius 3 is 2.19 bits per heavy atom. The number of nitro benzene ring substituents is 1. The van der Waals surface area contributed by atoms with Gasteiger partial charge in [-0.3, -0.25) is 14.9 Å². The summed E-state index contributed by atoms with van der Waals surface area (Å²) in [6, 6.07) is 10.3. The summed E-state index contributed by atoms with van der Waals surface area (Å²) in [4.78, 5) is 23.6. The molecule has 0 fully saturated rings. The Kier molecular flexibility index (Phi) is 8.30. The predicted octanol–water partition coefficient (Wildman–Crippen LogP) is 2.50. The summed E-state index contributed by atoms with van der Waals surface area (Å²) in [6.45, 7) is 1.50. The molecule has 12 heteroatoms. The van der Waals surface area contributed by atoms with Crippen molar-refractivity contribution in [3.8, 4) is 12.1 Å². The Labute approximate surface area is 182 Å². The van der Waals surface area contributed by atoms with Crippen LogP contribution in [0.2, 0.25) is 0 Å². The summed E-state index contributed by atoms with van der Waals surface area (Å²) in [7, 11) is 0. The molecule has 12 nitrogen and oxygen atoms in total. The van der Waals surface area contributed by atoms with Gasteiger partial charge in [-0.05, 0) is 18.2 Å². The number of nitrogens with one attached hydrogen (secondary N) is 1. The molecule has 0 atom stereocenters. The van der Waals surface area contributed by atoms with Crippen molar-refractivity contribution in [1.82, 2.24) is 0 Å². The maximum atomic E-state index is 11.6. The highest BCUT2D eigenvalue weighted by atomic mass is 16.6. The Hall–Kier alpha value is -4.39. The number of non-ortho nitro benzene ring substituents is 1. The van der Waals surface area contributed by atoms with Crippen LogP contribution in [-0.4, -0.2) is 47.3 Å². The van der Waals surface area contributed by atoms with E-state index >= 15 is 0 Å². The van der Waals surface area contributed by atoms with E-state index in [0.29, 0.717) is 5.69 Å². The number of nitriles is 2. The van der Waals surface area contributed by atoms with Gasteiger partial charge in [-0.25, -0.2) is 0 Å². The number of rotatable bonds is 9. The number of anilines is 2. The zero-order valence-electron chi connectivity index (χ0n) is 17.0. The summed E-state index contributed by atoms with van der Waals surface area (Å²) in [6.07, 6.45) is 0. The van der Waals surface area contributed by atoms with E-state index in [9.17, 15) is 35.6 Å². The minimum Gasteiger partial charge on any atom is -0.395 e. The van der Waals surface area contributed by atoms with Crippen LogP contribution in [0.25, 0.3) is 0 Å². The minimum absolute atomic E-state index is 0.138. The second kappa shape index (κ2) is 11.1. The van der Waals surface area contributed by atoms with Crippen molar-refractivity contribution >= 4 is 34.3 Å². The molecule has 0 radical (unpaired) electrons. The molecule has 0 bridgehead atoms. The van der Waals surface area contributed by atoms with Gasteiger partial charge in [0, 0.05) is 37.8 Å². The second-order valence-corrected chi connectivity index (χ2v) is 6.39. The van der Waals surface area contributed by atoms with Gasteiger partial charge in [0.05, 0.1) is 35.0 Å². The molecule has 0 aliphatic carbocycles. The van der Waals surface area contributed by atoms with Crippen LogP contribution in [0.3, 0.4) is 0 Å². The minimum atomic E-state index is -0.722. The molecule has 0 saturated carbocycles. The average molecular weight is 437 g/mol. The van der Waals surface area contributed by atoms with Gasteiger partial charge in [0.1, 0.15) is 23.5 Å². The number of carbonyl (C=O) groups is 1. The smallest absolute Gasteiger partial charge is 0.272 e. The third-order valence-corrected chi connectivity index (χ3v) is 4.20. The molecule has 2 aromatic carbocycles. The van der Waals surface area contributed by atoms with Gasteiger partial charge in [0.2, 0.25) is 5.91 Å². The zero-order valence-corrected chi connectivity index (χ0v) is 17.0. The maximum Gasteiger partial charge on any atom is 0.272 e. The Bertz CT molecular complexity index is 1090. The van der Waals surface area contributed by atoms with Crippen molar-refractivity contribution in [2.24, 2.45) is 10.2 Å². The van der Waals surface area contributed by atoms with Crippen LogP contribution >= 0.6 is 0 Å². The van der Waals surface area contributed by atoms with Crippen LogP contribution in [-0.2, 0) is 4.79 Å². The maximum absolute atomic E-state index is 11.6. The number of hydrogen-bond donors (Lipinski definition) is 3. The highest BCUT2D eigenvalue weighted by Gasteiger charge is 2.17. The Morgan fingerprint density at radius 2 is 1.72 bits per heavy atom. The average Bonchev–Trinajstić information content (AvgIpc) is 2.77. The van der Waals surface area contributed by atoms with E-state index in [1.54, 1.807) is 29.2 Å². The van der Waals surface area contributed by atoms with Gasteiger partial charge in [0.15, 0.2) is 0 Å². The third-order valence-electron chi connectivity index (χ3n) is 4.20. The standard InChI is InChI=1S/C20H19N7O5/c1-13(30)23-19-10-16(26(4-6-28)5-7-29)2-3-18(19)24-25-20-14(11-21)8-17(27(31)32)9-15(20)12-22/h2-3,8-10,28-29H,4-7H2,1H3,(H,23,30)/b25-24+. The molecule has 164 valence electrons. The second-order valence-electron chi connectivity index (χ2n) is 6.39. The zero-order chi connectivity index (χ0) is 23.7. The van der Waals surface area contributed by atoms with E-state index in [1.165, 1.54) is 13.0 Å². The summed E-state index contributed by atoms with van der Waals surface area (Å²) in [5.41, 5.74) is 0.0977. The lowest BCUT2D eigenvalue weighted by atomic mass is 10.1. The van der Waals surface area contributed by atoms with Crippen LogP contribution in [0.5, 0.6) is 0 Å². The molecule has 0 heterocycles. The van der Waals surface area contributed by atoms with E-state index < -0.39 is 10.6 Å². The molecule has 1 amide bonds. The molecule has 32 heavy (non-hydrogen) atoms. The quantitative estimate of drug-likeness (QED) is 0.303. The van der Waals surface area contributed by atoms with Gasteiger partial charge in [-0.1, -0.05) is 0 Å². The van der Waals surface area contributed by atoms with Crippen LogP contribution < -0.4 is 10.2 Å². The van der Waals surface area contributed by atoms with Crippen molar-refractivity contribution < 1.29 is 19.9 Å². The molecule has 0 aromatic heterocycles. The number of carbonyl (C=O) groups excluding carboxylic acids is 1. The number of aliphatic hydroxyl groups is 2. The number of nitro groups is 1. The van der Waals surface area contributed by atoms with Crippen LogP contribution in [0.1, 0.15) is 18.1 Å². The predicted molar refractivity (Wildman–Crippen MR) is 114 cm³/mol. The lowest BCUT2D eigenvalue weighted by molar-refractivity contribution is -0.384. The Balaban J connectivity index is 2.54. The Morgan fingerprint density at radius 1 is 1.12 bits per heavy atom. The van der Waals surface area contributed by atoms with E-state index in [-0.39, 0.29) is 60.4 Å². The first kappa shape index (κ1) is 23.9. The first-order valence-corrected chi connectivity index (χ1v) is 9.27. The van der Waals surface area contributed by atoms with E-state index in [4.69, 9.17) is 0 Å². The molecule has 0 spiro atoms. The first-order valence-electron chi connectivity index (χ1n) is 9.27. The van der Waals surface area contributed by atoms with Crippen LogP contribution in [0, 0.1) is 32.8 Å². The fraction of sp³-hybridized carbons (Fsp3) is 0.250. The van der Waals surface area contributed by atoms with E-state index in [2.05, 4.69) is 15.5 Å².